The van der Waals surface area contributed by atoms with Crippen LogP contribution in [0.1, 0.15) is 59.6 Å². The number of hydrogen-bond donors (Lipinski definition) is 2. The van der Waals surface area contributed by atoms with Gasteiger partial charge in [0.15, 0.2) is 5.82 Å². The Balaban J connectivity index is 0.00000240. The molecule has 3 aromatic rings. The second-order valence-corrected chi connectivity index (χ2v) is 7.09. The van der Waals surface area contributed by atoms with E-state index in [1.54, 1.807) is 6.07 Å². The molecule has 0 aliphatic carbocycles. The van der Waals surface area contributed by atoms with Gasteiger partial charge < -0.3 is 15.2 Å². The molecule has 154 valence electrons. The van der Waals surface area contributed by atoms with Gasteiger partial charge in [-0.25, -0.2) is 0 Å². The predicted molar refractivity (Wildman–Crippen MR) is 110 cm³/mol. The van der Waals surface area contributed by atoms with E-state index in [4.69, 9.17) is 4.52 Å². The SMILES string of the molecule is CC(NC(=O)c1ccn(C2CCCNC2)n1)c1noc(Cc2ccccc2)n1.Cl. The Bertz CT molecular complexity index is 920. The standard InChI is InChI=1S/C20H24N6O2.ClH/c1-14(19-23-18(28-25-19)12-15-6-3-2-4-7-15)22-20(27)17-9-11-26(24-17)16-8-5-10-21-13-16;/h2-4,6-7,9,11,14,16,21H,5,8,10,12-13H2,1H3,(H,22,27);1H. The van der Waals surface area contributed by atoms with Crippen LogP contribution in [0.2, 0.25) is 0 Å². The summed E-state index contributed by atoms with van der Waals surface area (Å²) < 4.78 is 7.19. The van der Waals surface area contributed by atoms with Crippen LogP contribution in [0.25, 0.3) is 0 Å². The molecule has 2 N–H and O–H groups in total. The number of nitrogens with one attached hydrogen (secondary N) is 2. The quantitative estimate of drug-likeness (QED) is 0.641. The van der Waals surface area contributed by atoms with E-state index in [0.29, 0.717) is 29.9 Å². The fourth-order valence-corrected chi connectivity index (χ4v) is 3.34. The van der Waals surface area contributed by atoms with Crippen LogP contribution in [-0.4, -0.2) is 38.9 Å². The lowest BCUT2D eigenvalue weighted by Crippen LogP contribution is -2.32. The van der Waals surface area contributed by atoms with E-state index in [-0.39, 0.29) is 24.4 Å². The van der Waals surface area contributed by atoms with Gasteiger partial charge in [0.25, 0.3) is 5.91 Å². The van der Waals surface area contributed by atoms with E-state index in [0.717, 1.165) is 31.5 Å². The molecule has 1 amide bonds. The summed E-state index contributed by atoms with van der Waals surface area (Å²) in [6.45, 7) is 3.75. The first-order valence-corrected chi connectivity index (χ1v) is 9.62. The van der Waals surface area contributed by atoms with Crippen molar-refractivity contribution in [2.45, 2.75) is 38.3 Å². The molecule has 4 rings (SSSR count). The van der Waals surface area contributed by atoms with E-state index in [1.807, 2.05) is 48.1 Å². The monoisotopic (exact) mass is 416 g/mol. The van der Waals surface area contributed by atoms with Gasteiger partial charge in [0.2, 0.25) is 5.89 Å². The Morgan fingerprint density at radius 1 is 1.34 bits per heavy atom. The lowest BCUT2D eigenvalue weighted by molar-refractivity contribution is 0.0931. The van der Waals surface area contributed by atoms with Crippen LogP contribution in [0.3, 0.4) is 0 Å². The zero-order valence-electron chi connectivity index (χ0n) is 16.2. The largest absolute Gasteiger partial charge is 0.341 e. The molecular formula is C20H25ClN6O2. The van der Waals surface area contributed by atoms with Crippen molar-refractivity contribution < 1.29 is 9.32 Å². The molecule has 2 atom stereocenters. The van der Waals surface area contributed by atoms with Crippen LogP contribution in [0.15, 0.2) is 47.1 Å². The molecule has 1 fully saturated rings. The van der Waals surface area contributed by atoms with Gasteiger partial charge in [0.05, 0.1) is 18.5 Å². The maximum absolute atomic E-state index is 12.5. The third-order valence-corrected chi connectivity index (χ3v) is 4.90. The zero-order valence-corrected chi connectivity index (χ0v) is 17.1. The molecule has 29 heavy (non-hydrogen) atoms. The Kier molecular flexibility index (Phi) is 7.00. The van der Waals surface area contributed by atoms with Crippen LogP contribution < -0.4 is 10.6 Å². The highest BCUT2D eigenvalue weighted by molar-refractivity contribution is 5.92. The molecular weight excluding hydrogens is 392 g/mol. The van der Waals surface area contributed by atoms with Crippen LogP contribution in [0.5, 0.6) is 0 Å². The van der Waals surface area contributed by atoms with E-state index < -0.39 is 0 Å². The van der Waals surface area contributed by atoms with E-state index in [2.05, 4.69) is 25.9 Å². The summed E-state index contributed by atoms with van der Waals surface area (Å²) in [5, 5.41) is 14.7. The summed E-state index contributed by atoms with van der Waals surface area (Å²) in [5.74, 6) is 0.732. The Morgan fingerprint density at radius 3 is 2.93 bits per heavy atom. The minimum atomic E-state index is -0.373. The number of carbonyl (C=O) groups is 1. The molecule has 0 saturated carbocycles. The third-order valence-electron chi connectivity index (χ3n) is 4.90. The summed E-state index contributed by atoms with van der Waals surface area (Å²) in [7, 11) is 0. The number of hydrogen-bond acceptors (Lipinski definition) is 6. The molecule has 1 aromatic carbocycles. The van der Waals surface area contributed by atoms with Crippen LogP contribution >= 0.6 is 12.4 Å². The Morgan fingerprint density at radius 2 is 2.17 bits per heavy atom. The lowest BCUT2D eigenvalue weighted by Gasteiger charge is -2.22. The second-order valence-electron chi connectivity index (χ2n) is 7.09. The number of amides is 1. The highest BCUT2D eigenvalue weighted by atomic mass is 35.5. The Hall–Kier alpha value is -2.71. The maximum atomic E-state index is 12.5. The molecule has 1 aliphatic heterocycles. The van der Waals surface area contributed by atoms with Gasteiger partial charge in [0.1, 0.15) is 5.69 Å². The van der Waals surface area contributed by atoms with Crippen molar-refractivity contribution in [2.24, 2.45) is 0 Å². The molecule has 0 spiro atoms. The summed E-state index contributed by atoms with van der Waals surface area (Å²) in [5.41, 5.74) is 1.49. The lowest BCUT2D eigenvalue weighted by atomic mass is 10.1. The van der Waals surface area contributed by atoms with Crippen molar-refractivity contribution in [1.29, 1.82) is 0 Å². The average Bonchev–Trinajstić information content (AvgIpc) is 3.39. The number of aromatic nitrogens is 4. The Labute approximate surface area is 175 Å². The van der Waals surface area contributed by atoms with Crippen molar-refractivity contribution in [2.75, 3.05) is 13.1 Å². The van der Waals surface area contributed by atoms with Crippen LogP contribution in [0.4, 0.5) is 0 Å². The normalized spacial score (nSPS) is 17.3. The van der Waals surface area contributed by atoms with Gasteiger partial charge in [-0.15, -0.1) is 12.4 Å². The van der Waals surface area contributed by atoms with Crippen molar-refractivity contribution in [1.82, 2.24) is 30.6 Å². The first-order chi connectivity index (χ1) is 13.7. The van der Waals surface area contributed by atoms with Crippen LogP contribution in [0, 0.1) is 0 Å². The first-order valence-electron chi connectivity index (χ1n) is 9.62. The van der Waals surface area contributed by atoms with Crippen molar-refractivity contribution in [3.63, 3.8) is 0 Å². The molecule has 9 heteroatoms. The first kappa shape index (κ1) is 21.0. The smallest absolute Gasteiger partial charge is 0.272 e. The molecule has 3 heterocycles. The van der Waals surface area contributed by atoms with Crippen LogP contribution in [-0.2, 0) is 6.42 Å². The van der Waals surface area contributed by atoms with E-state index >= 15 is 0 Å². The zero-order chi connectivity index (χ0) is 19.3. The fraction of sp³-hybridized carbons (Fsp3) is 0.400. The van der Waals surface area contributed by atoms with Gasteiger partial charge in [-0.1, -0.05) is 35.5 Å². The van der Waals surface area contributed by atoms with Gasteiger partial charge >= 0.3 is 0 Å². The molecule has 0 bridgehead atoms. The summed E-state index contributed by atoms with van der Waals surface area (Å²) >= 11 is 0. The van der Waals surface area contributed by atoms with Crippen molar-refractivity contribution in [3.8, 4) is 0 Å². The van der Waals surface area contributed by atoms with Gasteiger partial charge in [-0.2, -0.15) is 10.1 Å². The van der Waals surface area contributed by atoms with Crippen molar-refractivity contribution >= 4 is 18.3 Å². The third kappa shape index (κ3) is 5.21. The summed E-state index contributed by atoms with van der Waals surface area (Å²) in [4.78, 5) is 16.9. The van der Waals surface area contributed by atoms with E-state index in [1.165, 1.54) is 0 Å². The highest BCUT2D eigenvalue weighted by Gasteiger charge is 2.21. The summed E-state index contributed by atoms with van der Waals surface area (Å²) in [6, 6.07) is 11.6. The topological polar surface area (TPSA) is 97.9 Å². The molecule has 2 unspecified atom stereocenters. The minimum absolute atomic E-state index is 0. The number of piperidine rings is 1. The van der Waals surface area contributed by atoms with Crippen molar-refractivity contribution in [3.05, 3.63) is 65.6 Å². The summed E-state index contributed by atoms with van der Waals surface area (Å²) in [6.07, 6.45) is 4.61. The number of benzene rings is 1. The number of halogens is 1. The number of rotatable bonds is 6. The molecule has 0 radical (unpaired) electrons. The maximum Gasteiger partial charge on any atom is 0.272 e. The minimum Gasteiger partial charge on any atom is -0.341 e. The predicted octanol–water partition coefficient (Wildman–Crippen LogP) is 2.69. The molecule has 1 aliphatic rings. The fourth-order valence-electron chi connectivity index (χ4n) is 3.34. The van der Waals surface area contributed by atoms with Gasteiger partial charge in [-0.05, 0) is 37.9 Å². The highest BCUT2D eigenvalue weighted by Crippen LogP contribution is 2.16. The number of carbonyl (C=O) groups excluding carboxylic acids is 1. The van der Waals surface area contributed by atoms with Gasteiger partial charge in [0, 0.05) is 12.7 Å². The number of nitrogens with zero attached hydrogens (tertiary/aromatic N) is 4. The molecule has 8 nitrogen and oxygen atoms in total. The second kappa shape index (κ2) is 9.67. The van der Waals surface area contributed by atoms with Gasteiger partial charge in [-0.3, -0.25) is 9.48 Å². The average molecular weight is 417 g/mol. The molecule has 1 saturated heterocycles. The van der Waals surface area contributed by atoms with E-state index in [9.17, 15) is 4.79 Å². The molecule has 2 aromatic heterocycles.